The van der Waals surface area contributed by atoms with E-state index in [0.29, 0.717) is 5.69 Å². The Morgan fingerprint density at radius 3 is 2.69 bits per heavy atom. The first-order valence-corrected chi connectivity index (χ1v) is 4.38. The van der Waals surface area contributed by atoms with Gasteiger partial charge in [0.25, 0.3) is 11.3 Å². The normalized spacial score (nSPS) is 12.2. The molecular formula is C6H8FN3O2S. The Hall–Kier alpha value is -1.18. The van der Waals surface area contributed by atoms with Crippen molar-refractivity contribution < 1.29 is 13.2 Å². The molecule has 72 valence electrons. The van der Waals surface area contributed by atoms with Gasteiger partial charge in [0, 0.05) is 6.07 Å². The van der Waals surface area contributed by atoms with E-state index < -0.39 is 17.1 Å². The van der Waals surface area contributed by atoms with E-state index in [1.165, 1.54) is 12.1 Å². The molecule has 13 heavy (non-hydrogen) atoms. The molecule has 0 aliphatic carbocycles. The number of hydrazine groups is 1. The first-order valence-electron chi connectivity index (χ1n) is 3.27. The summed E-state index contributed by atoms with van der Waals surface area (Å²) in [6.07, 6.45) is 0. The summed E-state index contributed by atoms with van der Waals surface area (Å²) < 4.78 is 33.7. The molecule has 1 unspecified atom stereocenters. The number of rotatable bonds is 3. The summed E-state index contributed by atoms with van der Waals surface area (Å²) in [6, 6.07) is 3.88. The van der Waals surface area contributed by atoms with Crippen LogP contribution in [0.2, 0.25) is 0 Å². The van der Waals surface area contributed by atoms with Crippen LogP contribution >= 0.6 is 0 Å². The molecule has 0 spiro atoms. The number of nitrogen functional groups attached to an aromatic ring is 1. The van der Waals surface area contributed by atoms with Gasteiger partial charge in [0.1, 0.15) is 5.82 Å². The third-order valence-electron chi connectivity index (χ3n) is 1.33. The van der Waals surface area contributed by atoms with Crippen molar-refractivity contribution in [3.63, 3.8) is 0 Å². The maximum absolute atomic E-state index is 13.0. The molecule has 1 rings (SSSR count). The molecular weight excluding hydrogens is 197 g/mol. The second kappa shape index (κ2) is 4.17. The van der Waals surface area contributed by atoms with Gasteiger partial charge in [0.05, 0.1) is 11.4 Å². The van der Waals surface area contributed by atoms with Crippen LogP contribution in [0.1, 0.15) is 0 Å². The van der Waals surface area contributed by atoms with Crippen LogP contribution in [0.3, 0.4) is 0 Å². The van der Waals surface area contributed by atoms with E-state index in [1.54, 1.807) is 0 Å². The highest BCUT2D eigenvalue weighted by molar-refractivity contribution is 7.80. The lowest BCUT2D eigenvalue weighted by Gasteiger charge is -2.04. The van der Waals surface area contributed by atoms with Gasteiger partial charge in [-0.1, -0.05) is 0 Å². The zero-order valence-corrected chi connectivity index (χ0v) is 7.27. The van der Waals surface area contributed by atoms with Gasteiger partial charge in [-0.2, -0.15) is 0 Å². The van der Waals surface area contributed by atoms with Crippen molar-refractivity contribution in [3.8, 4) is 0 Å². The number of nitrogens with one attached hydrogen (secondary N) is 2. The van der Waals surface area contributed by atoms with Gasteiger partial charge in [-0.3, -0.25) is 15.1 Å². The maximum Gasteiger partial charge on any atom is 0.259 e. The van der Waals surface area contributed by atoms with E-state index >= 15 is 0 Å². The largest absolute Gasteiger partial charge is 0.324 e. The fourth-order valence-corrected chi connectivity index (χ4v) is 1.14. The molecule has 0 saturated carbocycles. The highest BCUT2D eigenvalue weighted by Crippen LogP contribution is 2.18. The molecule has 0 radical (unpaired) electrons. The van der Waals surface area contributed by atoms with E-state index in [2.05, 4.69) is 5.43 Å². The smallest absolute Gasteiger partial charge is 0.259 e. The molecule has 0 saturated heterocycles. The molecule has 0 bridgehead atoms. The molecule has 5 nitrogen and oxygen atoms in total. The first kappa shape index (κ1) is 9.90. The van der Waals surface area contributed by atoms with E-state index in [4.69, 9.17) is 10.4 Å². The lowest BCUT2D eigenvalue weighted by Crippen LogP contribution is -2.08. The summed E-state index contributed by atoms with van der Waals surface area (Å²) in [7, 11) is 0. The minimum Gasteiger partial charge on any atom is -0.324 e. The molecule has 1 aromatic carbocycles. The van der Waals surface area contributed by atoms with Crippen LogP contribution in [0.25, 0.3) is 0 Å². The van der Waals surface area contributed by atoms with Crippen molar-refractivity contribution in [3.05, 3.63) is 24.0 Å². The molecule has 1 aromatic rings. The highest BCUT2D eigenvalue weighted by Gasteiger charge is 2.03. The number of hydrogen-bond acceptors (Lipinski definition) is 3. The molecule has 0 heterocycles. The van der Waals surface area contributed by atoms with E-state index in [-0.39, 0.29) is 5.69 Å². The second-order valence-electron chi connectivity index (χ2n) is 2.19. The topological polar surface area (TPSA) is 87.4 Å². The van der Waals surface area contributed by atoms with Crippen LogP contribution in [0.4, 0.5) is 15.8 Å². The first-order chi connectivity index (χ1) is 6.13. The summed E-state index contributed by atoms with van der Waals surface area (Å²) in [4.78, 5) is 0. The number of halogens is 1. The lowest BCUT2D eigenvalue weighted by atomic mass is 10.3. The van der Waals surface area contributed by atoms with Crippen molar-refractivity contribution in [2.24, 2.45) is 5.84 Å². The number of benzene rings is 1. The molecule has 5 N–H and O–H groups in total. The van der Waals surface area contributed by atoms with E-state index in [1.807, 2.05) is 4.72 Å². The van der Waals surface area contributed by atoms with Crippen LogP contribution < -0.4 is 16.0 Å². The third-order valence-corrected chi connectivity index (χ3v) is 1.73. The third kappa shape index (κ3) is 2.65. The van der Waals surface area contributed by atoms with Crippen molar-refractivity contribution in [1.82, 2.24) is 0 Å². The Kier molecular flexibility index (Phi) is 3.18. The van der Waals surface area contributed by atoms with Gasteiger partial charge < -0.3 is 5.43 Å². The molecule has 7 heteroatoms. The molecule has 0 aliphatic heterocycles. The SMILES string of the molecule is NNc1ccc(NS(=O)O)c(F)c1. The monoisotopic (exact) mass is 205 g/mol. The Balaban J connectivity index is 2.91. The van der Waals surface area contributed by atoms with Gasteiger partial charge in [0.15, 0.2) is 0 Å². The minimum absolute atomic E-state index is 0.0557. The molecule has 0 aliphatic rings. The fraction of sp³-hybridized carbons (Fsp3) is 0. The zero-order valence-electron chi connectivity index (χ0n) is 6.45. The molecule has 0 fully saturated rings. The molecule has 0 amide bonds. The quantitative estimate of drug-likeness (QED) is 0.331. The van der Waals surface area contributed by atoms with Gasteiger partial charge in [-0.25, -0.2) is 8.60 Å². The average Bonchev–Trinajstić information content (AvgIpc) is 2.08. The Labute approximate surface area is 76.5 Å². The van der Waals surface area contributed by atoms with E-state index in [9.17, 15) is 8.60 Å². The second-order valence-corrected chi connectivity index (χ2v) is 2.89. The molecule has 1 atom stereocenters. The Bertz CT molecular complexity index is 334. The van der Waals surface area contributed by atoms with Crippen LogP contribution in [-0.2, 0) is 11.3 Å². The standard InChI is InChI=1S/C6H8FN3O2S/c7-5-3-4(9-8)1-2-6(5)10-13(11)12/h1-3,9-10H,8H2,(H,11,12). The van der Waals surface area contributed by atoms with Gasteiger partial charge in [0.2, 0.25) is 0 Å². The van der Waals surface area contributed by atoms with Crippen molar-refractivity contribution in [1.29, 1.82) is 0 Å². The van der Waals surface area contributed by atoms with Crippen LogP contribution in [0.5, 0.6) is 0 Å². The zero-order chi connectivity index (χ0) is 9.84. The molecule has 0 aromatic heterocycles. The summed E-state index contributed by atoms with van der Waals surface area (Å²) in [6.45, 7) is 0. The highest BCUT2D eigenvalue weighted by atomic mass is 32.2. The summed E-state index contributed by atoms with van der Waals surface area (Å²) in [5.74, 6) is 4.37. The van der Waals surface area contributed by atoms with Gasteiger partial charge >= 0.3 is 0 Å². The summed E-state index contributed by atoms with van der Waals surface area (Å²) in [5, 5.41) is 0. The Morgan fingerprint density at radius 2 is 2.23 bits per heavy atom. The number of nitrogens with two attached hydrogens (primary N) is 1. The fourth-order valence-electron chi connectivity index (χ4n) is 0.782. The lowest BCUT2D eigenvalue weighted by molar-refractivity contribution is 0.568. The Morgan fingerprint density at radius 1 is 1.54 bits per heavy atom. The van der Waals surface area contributed by atoms with Gasteiger partial charge in [-0.05, 0) is 12.1 Å². The van der Waals surface area contributed by atoms with Crippen LogP contribution in [0.15, 0.2) is 18.2 Å². The predicted octanol–water partition coefficient (Wildman–Crippen LogP) is 0.660. The minimum atomic E-state index is -2.28. The average molecular weight is 205 g/mol. The number of hydrogen-bond donors (Lipinski definition) is 4. The van der Waals surface area contributed by atoms with Crippen LogP contribution in [-0.4, -0.2) is 8.76 Å². The van der Waals surface area contributed by atoms with Crippen molar-refractivity contribution in [2.45, 2.75) is 0 Å². The maximum atomic E-state index is 13.0. The van der Waals surface area contributed by atoms with Crippen molar-refractivity contribution in [2.75, 3.05) is 10.1 Å². The predicted molar refractivity (Wildman–Crippen MR) is 48.6 cm³/mol. The summed E-state index contributed by atoms with van der Waals surface area (Å²) in [5.41, 5.74) is 2.57. The van der Waals surface area contributed by atoms with Crippen LogP contribution in [0, 0.1) is 5.82 Å². The van der Waals surface area contributed by atoms with Crippen molar-refractivity contribution >= 4 is 22.6 Å². The number of anilines is 2. The van der Waals surface area contributed by atoms with E-state index in [0.717, 1.165) is 6.07 Å². The summed E-state index contributed by atoms with van der Waals surface area (Å²) >= 11 is -2.28. The van der Waals surface area contributed by atoms with Gasteiger partial charge in [-0.15, -0.1) is 0 Å².